The number of anilines is 2. The molecule has 5 heteroatoms. The van der Waals surface area contributed by atoms with Gasteiger partial charge in [0.05, 0.1) is 6.54 Å². The molecule has 0 aliphatic carbocycles. The van der Waals surface area contributed by atoms with Crippen molar-refractivity contribution < 1.29 is 0 Å². The summed E-state index contributed by atoms with van der Waals surface area (Å²) in [7, 11) is 0. The molecule has 0 atom stereocenters. The summed E-state index contributed by atoms with van der Waals surface area (Å²) in [6, 6.07) is 1.61. The van der Waals surface area contributed by atoms with E-state index >= 15 is 0 Å². The lowest BCUT2D eigenvalue weighted by molar-refractivity contribution is 1.11. The van der Waals surface area contributed by atoms with Gasteiger partial charge in [-0.05, 0) is 15.9 Å². The fraction of sp³-hybridized carbons (Fsp3) is 0.143. The average Bonchev–Trinajstić information content (AvgIpc) is 1.99. The van der Waals surface area contributed by atoms with Crippen LogP contribution in [-0.4, -0.2) is 16.5 Å². The predicted octanol–water partition coefficient (Wildman–Crippen LogP) is 0.866. The molecule has 0 aliphatic heterocycles. The van der Waals surface area contributed by atoms with Gasteiger partial charge in [0.15, 0.2) is 0 Å². The van der Waals surface area contributed by atoms with Crippen molar-refractivity contribution >= 4 is 27.7 Å². The minimum Gasteiger partial charge on any atom is -0.383 e. The first-order valence-electron chi connectivity index (χ1n) is 3.20. The molecule has 62 valence electrons. The minimum absolute atomic E-state index is 0.385. The summed E-state index contributed by atoms with van der Waals surface area (Å²) in [5, 5.41) is 2.81. The lowest BCUT2D eigenvalue weighted by atomic mass is 10.6. The molecule has 0 unspecified atom stereocenters. The molecule has 1 rings (SSSR count). The van der Waals surface area contributed by atoms with Crippen molar-refractivity contribution in [3.8, 4) is 12.3 Å². The zero-order chi connectivity index (χ0) is 8.97. The standard InChI is InChI=1S/C7H7BrN4/c1-2-3-10-7-11-5(8)4-6(9)12-7/h1,4H,3H2,(H3,9,10,11,12). The predicted molar refractivity (Wildman–Crippen MR) is 51.5 cm³/mol. The number of nitrogens with one attached hydrogen (secondary N) is 1. The molecule has 0 radical (unpaired) electrons. The summed E-state index contributed by atoms with van der Waals surface area (Å²) in [4.78, 5) is 7.89. The molecular weight excluding hydrogens is 220 g/mol. The Morgan fingerprint density at radius 3 is 3.00 bits per heavy atom. The normalized spacial score (nSPS) is 9.00. The van der Waals surface area contributed by atoms with Crippen LogP contribution in [0.1, 0.15) is 0 Å². The van der Waals surface area contributed by atoms with Gasteiger partial charge in [0.25, 0.3) is 0 Å². The molecule has 0 saturated carbocycles. The maximum atomic E-state index is 5.46. The highest BCUT2D eigenvalue weighted by molar-refractivity contribution is 9.10. The van der Waals surface area contributed by atoms with E-state index in [1.807, 2.05) is 0 Å². The number of rotatable bonds is 2. The highest BCUT2D eigenvalue weighted by Gasteiger charge is 1.97. The molecule has 0 saturated heterocycles. The highest BCUT2D eigenvalue weighted by atomic mass is 79.9. The second-order valence-corrected chi connectivity index (χ2v) is 2.81. The van der Waals surface area contributed by atoms with Crippen molar-refractivity contribution in [2.24, 2.45) is 0 Å². The molecular formula is C7H7BrN4. The van der Waals surface area contributed by atoms with Crippen molar-refractivity contribution in [1.82, 2.24) is 9.97 Å². The van der Waals surface area contributed by atoms with Gasteiger partial charge in [-0.2, -0.15) is 4.98 Å². The zero-order valence-corrected chi connectivity index (χ0v) is 7.80. The van der Waals surface area contributed by atoms with Crippen molar-refractivity contribution in [3.05, 3.63) is 10.7 Å². The van der Waals surface area contributed by atoms with E-state index in [9.17, 15) is 0 Å². The SMILES string of the molecule is C#CCNc1nc(N)cc(Br)n1. The molecule has 1 aromatic rings. The number of hydrogen-bond acceptors (Lipinski definition) is 4. The third kappa shape index (κ3) is 2.40. The topological polar surface area (TPSA) is 63.8 Å². The molecule has 0 fully saturated rings. The molecule has 0 bridgehead atoms. The van der Waals surface area contributed by atoms with Crippen LogP contribution in [0.4, 0.5) is 11.8 Å². The van der Waals surface area contributed by atoms with Crippen LogP contribution in [0.2, 0.25) is 0 Å². The fourth-order valence-electron chi connectivity index (χ4n) is 0.644. The Morgan fingerprint density at radius 1 is 1.67 bits per heavy atom. The summed E-state index contributed by atoms with van der Waals surface area (Å²) in [6.07, 6.45) is 5.04. The van der Waals surface area contributed by atoms with Gasteiger partial charge in [-0.3, -0.25) is 0 Å². The monoisotopic (exact) mass is 226 g/mol. The van der Waals surface area contributed by atoms with Crippen LogP contribution < -0.4 is 11.1 Å². The number of halogens is 1. The molecule has 4 nitrogen and oxygen atoms in total. The fourth-order valence-corrected chi connectivity index (χ4v) is 1.05. The van der Waals surface area contributed by atoms with Gasteiger partial charge in [0.1, 0.15) is 10.4 Å². The Labute approximate surface area is 78.7 Å². The smallest absolute Gasteiger partial charge is 0.226 e. The quantitative estimate of drug-likeness (QED) is 0.581. The van der Waals surface area contributed by atoms with Crippen molar-refractivity contribution in [1.29, 1.82) is 0 Å². The molecule has 1 heterocycles. The summed E-state index contributed by atoms with van der Waals surface area (Å²) in [6.45, 7) is 0.385. The van der Waals surface area contributed by atoms with Crippen molar-refractivity contribution in [3.63, 3.8) is 0 Å². The van der Waals surface area contributed by atoms with E-state index in [1.54, 1.807) is 6.07 Å². The first-order valence-corrected chi connectivity index (χ1v) is 3.99. The van der Waals surface area contributed by atoms with Crippen molar-refractivity contribution in [2.45, 2.75) is 0 Å². The number of nitrogens with zero attached hydrogens (tertiary/aromatic N) is 2. The van der Waals surface area contributed by atoms with E-state index in [4.69, 9.17) is 12.2 Å². The first kappa shape index (κ1) is 8.81. The second kappa shape index (κ2) is 3.93. The zero-order valence-electron chi connectivity index (χ0n) is 6.21. The number of nitrogen functional groups attached to an aromatic ring is 1. The Kier molecular flexibility index (Phi) is 2.88. The van der Waals surface area contributed by atoms with E-state index in [-0.39, 0.29) is 0 Å². The maximum Gasteiger partial charge on any atom is 0.226 e. The van der Waals surface area contributed by atoms with Gasteiger partial charge in [0, 0.05) is 6.07 Å². The maximum absolute atomic E-state index is 5.46. The third-order valence-electron chi connectivity index (χ3n) is 1.06. The van der Waals surface area contributed by atoms with Crippen molar-refractivity contribution in [2.75, 3.05) is 17.6 Å². The summed E-state index contributed by atoms with van der Waals surface area (Å²) < 4.78 is 0.634. The molecule has 0 aromatic carbocycles. The summed E-state index contributed by atoms with van der Waals surface area (Å²) in [5.74, 6) is 3.24. The van der Waals surface area contributed by atoms with Crippen LogP contribution in [0.3, 0.4) is 0 Å². The Morgan fingerprint density at radius 2 is 2.42 bits per heavy atom. The molecule has 0 aliphatic rings. The molecule has 1 aromatic heterocycles. The van der Waals surface area contributed by atoms with E-state index in [0.29, 0.717) is 22.9 Å². The number of hydrogen-bond donors (Lipinski definition) is 2. The number of aromatic nitrogens is 2. The second-order valence-electron chi connectivity index (χ2n) is 2.00. The van der Waals surface area contributed by atoms with Crippen LogP contribution >= 0.6 is 15.9 Å². The number of terminal acetylenes is 1. The van der Waals surface area contributed by atoms with Gasteiger partial charge in [-0.25, -0.2) is 4.98 Å². The largest absolute Gasteiger partial charge is 0.383 e. The van der Waals surface area contributed by atoms with Gasteiger partial charge in [-0.1, -0.05) is 5.92 Å². The lowest BCUT2D eigenvalue weighted by Gasteiger charge is -2.01. The van der Waals surface area contributed by atoms with Crippen LogP contribution in [0.5, 0.6) is 0 Å². The summed E-state index contributed by atoms with van der Waals surface area (Å²) in [5.41, 5.74) is 5.46. The van der Waals surface area contributed by atoms with Crippen LogP contribution in [0.25, 0.3) is 0 Å². The Bertz CT molecular complexity index is 297. The van der Waals surface area contributed by atoms with Gasteiger partial charge in [0.2, 0.25) is 5.95 Å². The Hall–Kier alpha value is -1.28. The van der Waals surface area contributed by atoms with E-state index in [0.717, 1.165) is 0 Å². The van der Waals surface area contributed by atoms with E-state index < -0.39 is 0 Å². The molecule has 12 heavy (non-hydrogen) atoms. The molecule has 0 spiro atoms. The minimum atomic E-state index is 0.385. The van der Waals surface area contributed by atoms with Crippen LogP contribution in [0, 0.1) is 12.3 Å². The average molecular weight is 227 g/mol. The summed E-state index contributed by atoms with van der Waals surface area (Å²) >= 11 is 3.18. The third-order valence-corrected chi connectivity index (χ3v) is 1.47. The lowest BCUT2D eigenvalue weighted by Crippen LogP contribution is -2.05. The van der Waals surface area contributed by atoms with Gasteiger partial charge in [-0.15, -0.1) is 6.42 Å². The van der Waals surface area contributed by atoms with E-state index in [2.05, 4.69) is 37.1 Å². The van der Waals surface area contributed by atoms with E-state index in [1.165, 1.54) is 0 Å². The molecule has 3 N–H and O–H groups in total. The van der Waals surface area contributed by atoms with Crippen LogP contribution in [-0.2, 0) is 0 Å². The van der Waals surface area contributed by atoms with Crippen LogP contribution in [0.15, 0.2) is 10.7 Å². The van der Waals surface area contributed by atoms with Gasteiger partial charge < -0.3 is 11.1 Å². The molecule has 0 amide bonds. The highest BCUT2D eigenvalue weighted by Crippen LogP contribution is 2.11. The van der Waals surface area contributed by atoms with Gasteiger partial charge >= 0.3 is 0 Å². The number of nitrogens with two attached hydrogens (primary N) is 1. The Balaban J connectivity index is 2.80. The first-order chi connectivity index (χ1) is 5.72.